The van der Waals surface area contributed by atoms with Crippen LogP contribution >= 0.6 is 0 Å². The molecule has 0 aliphatic carbocycles. The standard InChI is InChI=1S/C25H37NO4/c27-20-23-18-22(13-14-24(23)28)25(29)19-26-15-7-1-2-8-16-30-17-9-6-12-21-10-4-3-5-11-21/h3-5,10-11,13-14,18,25-29H,1-2,6-9,12,15-17,19-20H2/i7D2,8D2,15D2,16D2,17D2,19D2,20D2,25D. The van der Waals surface area contributed by atoms with Crippen molar-refractivity contribution >= 4 is 0 Å². The van der Waals surface area contributed by atoms with Crippen molar-refractivity contribution in [2.45, 2.75) is 57.5 Å². The summed E-state index contributed by atoms with van der Waals surface area (Å²) in [6.07, 6.45) is -11.5. The first-order chi connectivity index (χ1) is 20.1. The molecule has 2 aromatic rings. The molecule has 0 aromatic heterocycles. The van der Waals surface area contributed by atoms with Crippen molar-refractivity contribution in [2.24, 2.45) is 0 Å². The second kappa shape index (κ2) is 15.0. The van der Waals surface area contributed by atoms with Crippen LogP contribution in [0.3, 0.4) is 0 Å². The van der Waals surface area contributed by atoms with Gasteiger partial charge in [0.05, 0.1) is 22.2 Å². The van der Waals surface area contributed by atoms with Crippen molar-refractivity contribution in [2.75, 3.05) is 26.1 Å². The van der Waals surface area contributed by atoms with Crippen LogP contribution in [0.5, 0.6) is 5.75 Å². The van der Waals surface area contributed by atoms with Gasteiger partial charge in [0.25, 0.3) is 0 Å². The third-order valence-corrected chi connectivity index (χ3v) is 3.88. The molecule has 0 radical (unpaired) electrons. The zero-order chi connectivity index (χ0) is 34.9. The van der Waals surface area contributed by atoms with Crippen LogP contribution < -0.4 is 5.32 Å². The monoisotopic (exact) mass is 430 g/mol. The van der Waals surface area contributed by atoms with Crippen molar-refractivity contribution in [3.8, 4) is 5.75 Å². The van der Waals surface area contributed by atoms with Crippen LogP contribution in [0.15, 0.2) is 48.5 Å². The van der Waals surface area contributed by atoms with E-state index in [9.17, 15) is 15.3 Å². The molecule has 1 unspecified atom stereocenters. The first-order valence-electron chi connectivity index (χ1n) is 16.9. The van der Waals surface area contributed by atoms with Gasteiger partial charge in [0.15, 0.2) is 0 Å². The van der Waals surface area contributed by atoms with Gasteiger partial charge in [-0.1, -0.05) is 49.2 Å². The van der Waals surface area contributed by atoms with Crippen LogP contribution in [0.2, 0.25) is 0 Å². The zero-order valence-corrected chi connectivity index (χ0v) is 16.4. The van der Waals surface area contributed by atoms with Gasteiger partial charge in [0.1, 0.15) is 5.75 Å². The Hall–Kier alpha value is -1.92. The highest BCUT2D eigenvalue weighted by atomic mass is 16.5. The Morgan fingerprint density at radius 3 is 2.60 bits per heavy atom. The fourth-order valence-electron chi connectivity index (χ4n) is 2.35. The molecule has 5 heteroatoms. The first-order valence-corrected chi connectivity index (χ1v) is 9.39. The zero-order valence-electron chi connectivity index (χ0n) is 31.4. The molecule has 0 amide bonds. The number of phenols is 1. The van der Waals surface area contributed by atoms with Crippen LogP contribution in [0.1, 0.15) is 81.8 Å². The SMILES string of the molecule is [2H]C([2H])(CCCc1ccccc1)OC([2H])([2H])C([2H])([2H])CCC([2H])([2H])C([2H])([2H])NC([2H])([2H])C([2H])(O)c1ccc(O)c(C([2H])([2H])O)c1. The summed E-state index contributed by atoms with van der Waals surface area (Å²) in [5.41, 5.74) is -0.674. The van der Waals surface area contributed by atoms with Gasteiger partial charge >= 0.3 is 0 Å². The van der Waals surface area contributed by atoms with E-state index < -0.39 is 81.2 Å². The van der Waals surface area contributed by atoms with Gasteiger partial charge in [-0.3, -0.25) is 0 Å². The van der Waals surface area contributed by atoms with Crippen molar-refractivity contribution in [1.82, 2.24) is 5.32 Å². The van der Waals surface area contributed by atoms with Crippen molar-refractivity contribution in [3.63, 3.8) is 0 Å². The van der Waals surface area contributed by atoms with E-state index in [1.165, 1.54) is 0 Å². The van der Waals surface area contributed by atoms with E-state index >= 15 is 0 Å². The molecule has 30 heavy (non-hydrogen) atoms. The Kier molecular flexibility index (Phi) is 5.29. The minimum Gasteiger partial charge on any atom is -0.508 e. The summed E-state index contributed by atoms with van der Waals surface area (Å²) in [6, 6.07) is 11.2. The van der Waals surface area contributed by atoms with Gasteiger partial charge in [-0.05, 0) is 61.8 Å². The number of nitrogens with one attached hydrogen (secondary N) is 1. The summed E-state index contributed by atoms with van der Waals surface area (Å²) in [4.78, 5) is 0. The van der Waals surface area contributed by atoms with Crippen molar-refractivity contribution in [1.29, 1.82) is 0 Å². The molecule has 4 N–H and O–H groups in total. The highest BCUT2D eigenvalue weighted by Gasteiger charge is 2.09. The van der Waals surface area contributed by atoms with Gasteiger partial charge in [-0.2, -0.15) is 0 Å². The van der Waals surface area contributed by atoms with E-state index in [0.717, 1.165) is 17.7 Å². The number of aryl methyl sites for hydroxylation is 1. The maximum absolute atomic E-state index is 10.7. The van der Waals surface area contributed by atoms with E-state index in [2.05, 4.69) is 0 Å². The van der Waals surface area contributed by atoms with E-state index in [0.29, 0.717) is 12.5 Å². The quantitative estimate of drug-likeness (QED) is 0.322. The lowest BCUT2D eigenvalue weighted by molar-refractivity contribution is 0.126. The molecule has 0 spiro atoms. The molecular weight excluding hydrogens is 378 g/mol. The minimum absolute atomic E-state index is 0.243. The molecule has 166 valence electrons. The van der Waals surface area contributed by atoms with Gasteiger partial charge in [0, 0.05) is 36.1 Å². The number of hydrogen-bond donors (Lipinski definition) is 4. The summed E-state index contributed by atoms with van der Waals surface area (Å²) >= 11 is 0. The van der Waals surface area contributed by atoms with Gasteiger partial charge in [0.2, 0.25) is 0 Å². The molecule has 0 bridgehead atoms. The molecule has 0 saturated heterocycles. The highest BCUT2D eigenvalue weighted by molar-refractivity contribution is 5.36. The van der Waals surface area contributed by atoms with E-state index in [-0.39, 0.29) is 12.8 Å². The number of rotatable bonds is 16. The molecule has 2 aromatic carbocycles. The lowest BCUT2D eigenvalue weighted by Crippen LogP contribution is -2.22. The molecular formula is C25H37NO4. The van der Waals surface area contributed by atoms with Crippen molar-refractivity contribution < 1.29 is 40.6 Å². The summed E-state index contributed by atoms with van der Waals surface area (Å²) < 4.78 is 125. The average molecular weight is 431 g/mol. The van der Waals surface area contributed by atoms with Crippen LogP contribution in [0, 0.1) is 0 Å². The molecule has 0 aliphatic rings. The maximum atomic E-state index is 10.7. The molecule has 1 atom stereocenters. The average Bonchev–Trinajstić information content (AvgIpc) is 2.86. The predicted molar refractivity (Wildman–Crippen MR) is 121 cm³/mol. The summed E-state index contributed by atoms with van der Waals surface area (Å²) in [7, 11) is 0. The fourth-order valence-corrected chi connectivity index (χ4v) is 2.35. The Bertz CT molecular complexity index is 1280. The second-order valence-corrected chi connectivity index (χ2v) is 6.11. The largest absolute Gasteiger partial charge is 0.508 e. The van der Waals surface area contributed by atoms with E-state index in [1.807, 2.05) is 18.2 Å². The fraction of sp³-hybridized carbons (Fsp3) is 0.520. The molecule has 0 heterocycles. The van der Waals surface area contributed by atoms with Crippen molar-refractivity contribution in [3.05, 3.63) is 65.2 Å². The molecule has 2 rings (SSSR count). The summed E-state index contributed by atoms with van der Waals surface area (Å²) in [5, 5.41) is 31.7. The molecule has 0 saturated carbocycles. The molecule has 0 aliphatic heterocycles. The Morgan fingerprint density at radius 1 is 1.00 bits per heavy atom. The van der Waals surface area contributed by atoms with Crippen LogP contribution in [0.4, 0.5) is 0 Å². The van der Waals surface area contributed by atoms with Crippen LogP contribution in [-0.4, -0.2) is 41.4 Å². The van der Waals surface area contributed by atoms with Crippen LogP contribution in [0.25, 0.3) is 0 Å². The normalized spacial score (nSPS) is 24.0. The van der Waals surface area contributed by atoms with Crippen LogP contribution in [-0.2, 0) is 17.7 Å². The Balaban J connectivity index is 2.15. The Morgan fingerprint density at radius 2 is 1.80 bits per heavy atom. The second-order valence-electron chi connectivity index (χ2n) is 6.11. The third-order valence-electron chi connectivity index (χ3n) is 3.88. The molecule has 0 fully saturated rings. The van der Waals surface area contributed by atoms with Gasteiger partial charge in [-0.25, -0.2) is 0 Å². The van der Waals surface area contributed by atoms with Gasteiger partial charge < -0.3 is 25.4 Å². The number of benzene rings is 2. The Labute approximate surface area is 201 Å². The third kappa shape index (κ3) is 9.72. The first kappa shape index (κ1) is 10.6. The lowest BCUT2D eigenvalue weighted by Gasteiger charge is -2.14. The van der Waals surface area contributed by atoms with E-state index in [1.54, 1.807) is 17.4 Å². The number of hydrogen-bond acceptors (Lipinski definition) is 5. The topological polar surface area (TPSA) is 82.0 Å². The summed E-state index contributed by atoms with van der Waals surface area (Å²) in [5.74, 6) is -0.791. The predicted octanol–water partition coefficient (Wildman–Crippen LogP) is 4.11. The minimum atomic E-state index is -3.53. The molecule has 5 nitrogen and oxygen atoms in total. The number of ether oxygens (including phenoxy) is 1. The summed E-state index contributed by atoms with van der Waals surface area (Å²) in [6.45, 7) is -16.1. The number of aromatic hydroxyl groups is 1. The maximum Gasteiger partial charge on any atom is 0.121 e. The smallest absolute Gasteiger partial charge is 0.121 e. The lowest BCUT2D eigenvalue weighted by atomic mass is 10.1. The number of aliphatic hydroxyl groups is 2. The van der Waals surface area contributed by atoms with Gasteiger partial charge in [-0.15, -0.1) is 0 Å². The highest BCUT2D eigenvalue weighted by Crippen LogP contribution is 2.22. The van der Waals surface area contributed by atoms with E-state index in [4.69, 9.17) is 25.3 Å².